The summed E-state index contributed by atoms with van der Waals surface area (Å²) < 4.78 is 14.5. The molecule has 0 saturated heterocycles. The molecule has 20 heavy (non-hydrogen) atoms. The minimum absolute atomic E-state index is 0.222. The van der Waals surface area contributed by atoms with Gasteiger partial charge in [0.2, 0.25) is 0 Å². The van der Waals surface area contributed by atoms with Gasteiger partial charge in [-0.25, -0.2) is 4.39 Å². The van der Waals surface area contributed by atoms with Crippen LogP contribution in [0.15, 0.2) is 46.9 Å². The molecular formula is C15H14BrFN2O. The lowest BCUT2D eigenvalue weighted by atomic mass is 10.1. The molecular weight excluding hydrogens is 323 g/mol. The fourth-order valence-electron chi connectivity index (χ4n) is 1.82. The SMILES string of the molecule is CCNc1c(F)cccc1C(=O)Nc1ccccc1Br. The summed E-state index contributed by atoms with van der Waals surface area (Å²) in [6.07, 6.45) is 0. The quantitative estimate of drug-likeness (QED) is 0.875. The first-order chi connectivity index (χ1) is 9.63. The number of hydrogen-bond donors (Lipinski definition) is 2. The summed E-state index contributed by atoms with van der Waals surface area (Å²) >= 11 is 3.36. The summed E-state index contributed by atoms with van der Waals surface area (Å²) in [7, 11) is 0. The number of rotatable bonds is 4. The second-order valence-corrected chi connectivity index (χ2v) is 4.98. The van der Waals surface area contributed by atoms with Gasteiger partial charge in [0.15, 0.2) is 0 Å². The van der Waals surface area contributed by atoms with E-state index >= 15 is 0 Å². The van der Waals surface area contributed by atoms with Crippen LogP contribution in [0.2, 0.25) is 0 Å². The van der Waals surface area contributed by atoms with Crippen molar-refractivity contribution in [2.45, 2.75) is 6.92 Å². The first kappa shape index (κ1) is 14.5. The van der Waals surface area contributed by atoms with Crippen LogP contribution in [0.4, 0.5) is 15.8 Å². The summed E-state index contributed by atoms with van der Waals surface area (Å²) in [6, 6.07) is 11.7. The van der Waals surface area contributed by atoms with Crippen LogP contribution < -0.4 is 10.6 Å². The number of anilines is 2. The van der Waals surface area contributed by atoms with E-state index in [1.54, 1.807) is 12.1 Å². The Labute approximate surface area is 125 Å². The highest BCUT2D eigenvalue weighted by Crippen LogP contribution is 2.24. The molecule has 0 aliphatic heterocycles. The average molecular weight is 337 g/mol. The van der Waals surface area contributed by atoms with Gasteiger partial charge in [0.05, 0.1) is 16.9 Å². The van der Waals surface area contributed by atoms with Gasteiger partial charge in [-0.15, -0.1) is 0 Å². The van der Waals surface area contributed by atoms with E-state index < -0.39 is 5.82 Å². The van der Waals surface area contributed by atoms with Crippen molar-refractivity contribution in [1.29, 1.82) is 0 Å². The molecule has 0 aromatic heterocycles. The predicted molar refractivity (Wildman–Crippen MR) is 82.7 cm³/mol. The van der Waals surface area contributed by atoms with Crippen molar-refractivity contribution < 1.29 is 9.18 Å². The molecule has 104 valence electrons. The van der Waals surface area contributed by atoms with E-state index in [0.29, 0.717) is 12.2 Å². The third-order valence-electron chi connectivity index (χ3n) is 2.73. The van der Waals surface area contributed by atoms with Gasteiger partial charge in [0, 0.05) is 11.0 Å². The number of carbonyl (C=O) groups excluding carboxylic acids is 1. The molecule has 0 spiro atoms. The molecule has 2 aromatic rings. The fourth-order valence-corrected chi connectivity index (χ4v) is 2.21. The van der Waals surface area contributed by atoms with Crippen LogP contribution in [-0.4, -0.2) is 12.5 Å². The van der Waals surface area contributed by atoms with Crippen LogP contribution in [-0.2, 0) is 0 Å². The molecule has 0 heterocycles. The van der Waals surface area contributed by atoms with Crippen LogP contribution in [0.25, 0.3) is 0 Å². The molecule has 2 aromatic carbocycles. The number of benzene rings is 2. The number of halogens is 2. The monoisotopic (exact) mass is 336 g/mol. The Kier molecular flexibility index (Phi) is 4.74. The van der Waals surface area contributed by atoms with Gasteiger partial charge in [0.25, 0.3) is 5.91 Å². The molecule has 3 nitrogen and oxygen atoms in total. The van der Waals surface area contributed by atoms with Crippen LogP contribution in [0.3, 0.4) is 0 Å². The predicted octanol–water partition coefficient (Wildman–Crippen LogP) is 4.27. The second-order valence-electron chi connectivity index (χ2n) is 4.13. The maximum Gasteiger partial charge on any atom is 0.257 e. The molecule has 0 aliphatic carbocycles. The minimum Gasteiger partial charge on any atom is -0.382 e. The maximum absolute atomic E-state index is 13.8. The van der Waals surface area contributed by atoms with Gasteiger partial charge in [-0.05, 0) is 47.1 Å². The van der Waals surface area contributed by atoms with E-state index in [0.717, 1.165) is 4.47 Å². The number of carbonyl (C=O) groups is 1. The number of para-hydroxylation sites is 2. The lowest BCUT2D eigenvalue weighted by Crippen LogP contribution is -2.16. The third kappa shape index (κ3) is 3.17. The summed E-state index contributed by atoms with van der Waals surface area (Å²) in [5.41, 5.74) is 1.14. The van der Waals surface area contributed by atoms with Crippen molar-refractivity contribution in [2.75, 3.05) is 17.2 Å². The van der Waals surface area contributed by atoms with Crippen LogP contribution in [0, 0.1) is 5.82 Å². The van der Waals surface area contributed by atoms with Crippen LogP contribution >= 0.6 is 15.9 Å². The Morgan fingerprint density at radius 2 is 1.95 bits per heavy atom. The van der Waals surface area contributed by atoms with Gasteiger partial charge < -0.3 is 10.6 Å². The maximum atomic E-state index is 13.8. The van der Waals surface area contributed by atoms with Crippen molar-refractivity contribution >= 4 is 33.2 Å². The lowest BCUT2D eigenvalue weighted by Gasteiger charge is -2.12. The van der Waals surface area contributed by atoms with Crippen LogP contribution in [0.1, 0.15) is 17.3 Å². The summed E-state index contributed by atoms with van der Waals surface area (Å²) in [6.45, 7) is 2.39. The molecule has 2 rings (SSSR count). The standard InChI is InChI=1S/C15H14BrFN2O/c1-2-18-14-10(6-5-8-12(14)17)15(20)19-13-9-4-3-7-11(13)16/h3-9,18H,2H2,1H3,(H,19,20). The molecule has 0 bridgehead atoms. The largest absolute Gasteiger partial charge is 0.382 e. The van der Waals surface area contributed by atoms with Crippen molar-refractivity contribution in [1.82, 2.24) is 0 Å². The molecule has 0 aliphatic rings. The highest BCUT2D eigenvalue weighted by Gasteiger charge is 2.15. The Hall–Kier alpha value is -1.88. The zero-order valence-corrected chi connectivity index (χ0v) is 12.5. The van der Waals surface area contributed by atoms with Crippen molar-refractivity contribution in [2.24, 2.45) is 0 Å². The number of hydrogen-bond acceptors (Lipinski definition) is 2. The normalized spacial score (nSPS) is 10.2. The van der Waals surface area contributed by atoms with Crippen molar-refractivity contribution in [3.05, 3.63) is 58.3 Å². The van der Waals surface area contributed by atoms with Gasteiger partial charge in [-0.1, -0.05) is 18.2 Å². The van der Waals surface area contributed by atoms with Gasteiger partial charge >= 0.3 is 0 Å². The Morgan fingerprint density at radius 1 is 1.20 bits per heavy atom. The molecule has 0 unspecified atom stereocenters. The lowest BCUT2D eigenvalue weighted by molar-refractivity contribution is 0.102. The topological polar surface area (TPSA) is 41.1 Å². The Bertz CT molecular complexity index is 631. The molecule has 1 amide bonds. The van der Waals surface area contributed by atoms with Gasteiger partial charge in [-0.2, -0.15) is 0 Å². The van der Waals surface area contributed by atoms with Crippen LogP contribution in [0.5, 0.6) is 0 Å². The molecule has 0 atom stereocenters. The zero-order valence-electron chi connectivity index (χ0n) is 10.9. The molecule has 0 saturated carbocycles. The first-order valence-electron chi connectivity index (χ1n) is 6.21. The van der Waals surface area contributed by atoms with E-state index in [2.05, 4.69) is 26.6 Å². The average Bonchev–Trinajstić information content (AvgIpc) is 2.43. The summed E-state index contributed by atoms with van der Waals surface area (Å²) in [4.78, 5) is 12.3. The van der Waals surface area contributed by atoms with E-state index in [4.69, 9.17) is 0 Å². The van der Waals surface area contributed by atoms with Gasteiger partial charge in [-0.3, -0.25) is 4.79 Å². The van der Waals surface area contributed by atoms with E-state index in [9.17, 15) is 9.18 Å². The molecule has 0 fully saturated rings. The van der Waals surface area contributed by atoms with E-state index in [-0.39, 0.29) is 17.2 Å². The highest BCUT2D eigenvalue weighted by molar-refractivity contribution is 9.10. The summed E-state index contributed by atoms with van der Waals surface area (Å²) in [5.74, 6) is -0.793. The fraction of sp³-hybridized carbons (Fsp3) is 0.133. The molecule has 0 radical (unpaired) electrons. The molecule has 2 N–H and O–H groups in total. The number of nitrogens with one attached hydrogen (secondary N) is 2. The number of amides is 1. The third-order valence-corrected chi connectivity index (χ3v) is 3.43. The Balaban J connectivity index is 2.30. The van der Waals surface area contributed by atoms with E-state index in [1.807, 2.05) is 25.1 Å². The second kappa shape index (κ2) is 6.52. The van der Waals surface area contributed by atoms with Gasteiger partial charge in [0.1, 0.15) is 5.82 Å². The first-order valence-corrected chi connectivity index (χ1v) is 7.01. The van der Waals surface area contributed by atoms with Crippen molar-refractivity contribution in [3.63, 3.8) is 0 Å². The summed E-state index contributed by atoms with van der Waals surface area (Å²) in [5, 5.41) is 5.64. The highest BCUT2D eigenvalue weighted by atomic mass is 79.9. The van der Waals surface area contributed by atoms with E-state index in [1.165, 1.54) is 12.1 Å². The van der Waals surface area contributed by atoms with Crippen molar-refractivity contribution in [3.8, 4) is 0 Å². The Morgan fingerprint density at radius 3 is 2.65 bits per heavy atom. The zero-order chi connectivity index (χ0) is 14.5. The molecule has 5 heteroatoms. The smallest absolute Gasteiger partial charge is 0.257 e. The minimum atomic E-state index is -0.438.